The molecule has 2 aliphatic rings. The first-order valence-corrected chi connectivity index (χ1v) is 15.2. The van der Waals surface area contributed by atoms with Gasteiger partial charge in [0.05, 0.1) is 0 Å². The van der Waals surface area contributed by atoms with Crippen molar-refractivity contribution >= 4 is 35.3 Å². The first kappa shape index (κ1) is 31.2. The van der Waals surface area contributed by atoms with Gasteiger partial charge in [0.1, 0.15) is 0 Å². The molecule has 3 rings (SSSR count). The maximum absolute atomic E-state index is 13.4. The van der Waals surface area contributed by atoms with Crippen LogP contribution in [0.15, 0.2) is 12.1 Å². The van der Waals surface area contributed by atoms with Gasteiger partial charge < -0.3 is 16.0 Å². The smallest absolute Gasteiger partial charge is 0.227 e. The Bertz CT molecular complexity index is 1000. The number of nitrogens with one attached hydrogen (secondary N) is 3. The van der Waals surface area contributed by atoms with Gasteiger partial charge in [-0.05, 0) is 104 Å². The number of anilines is 3. The molecule has 2 saturated carbocycles. The molecule has 3 N–H and O–H groups in total. The fourth-order valence-corrected chi connectivity index (χ4v) is 6.60. The molecule has 0 radical (unpaired) electrons. The van der Waals surface area contributed by atoms with Gasteiger partial charge in [0.15, 0.2) is 0 Å². The molecular formula is C33H53N3O3. The summed E-state index contributed by atoms with van der Waals surface area (Å²) in [4.78, 5) is 38.2. The molecular weight excluding hydrogens is 486 g/mol. The zero-order valence-electron chi connectivity index (χ0n) is 25.7. The van der Waals surface area contributed by atoms with E-state index in [9.17, 15) is 14.4 Å². The van der Waals surface area contributed by atoms with Gasteiger partial charge in [0.25, 0.3) is 0 Å². The molecule has 3 amide bonds. The standard InChI is InChI=1S/C33H53N3O3/c1-21(2)17-27-28(34-20-37)18-26(35-30(38)22-9-13-24(14-10-22)32(3,4)5)19-29(27)36-31(39)23-11-15-25(16-12-23)33(6,7)8/h18-25H,9-17H2,1-8H3,(H,34,37)(H,35,38)(H,36,39)/t22-,23-,24+,25+. The highest BCUT2D eigenvalue weighted by Crippen LogP contribution is 2.42. The molecule has 39 heavy (non-hydrogen) atoms. The second-order valence-electron chi connectivity index (χ2n) is 14.7. The van der Waals surface area contributed by atoms with Gasteiger partial charge in [-0.3, -0.25) is 14.4 Å². The number of amides is 3. The van der Waals surface area contributed by atoms with E-state index in [2.05, 4.69) is 71.3 Å². The zero-order valence-corrected chi connectivity index (χ0v) is 25.7. The summed E-state index contributed by atoms with van der Waals surface area (Å²) in [6, 6.07) is 3.71. The van der Waals surface area contributed by atoms with Crippen molar-refractivity contribution in [2.75, 3.05) is 16.0 Å². The third-order valence-corrected chi connectivity index (χ3v) is 9.25. The van der Waals surface area contributed by atoms with Crippen molar-refractivity contribution in [2.45, 2.75) is 113 Å². The van der Waals surface area contributed by atoms with Crippen LogP contribution in [0.2, 0.25) is 0 Å². The third kappa shape index (κ3) is 8.56. The Morgan fingerprint density at radius 3 is 1.62 bits per heavy atom. The Balaban J connectivity index is 1.78. The fraction of sp³-hybridized carbons (Fsp3) is 0.727. The number of hydrogen-bond donors (Lipinski definition) is 3. The molecule has 2 aliphatic carbocycles. The average Bonchev–Trinajstić information content (AvgIpc) is 2.85. The quantitative estimate of drug-likeness (QED) is 0.292. The van der Waals surface area contributed by atoms with Crippen molar-refractivity contribution in [3.8, 4) is 0 Å². The Morgan fingerprint density at radius 2 is 1.21 bits per heavy atom. The molecule has 2 fully saturated rings. The predicted molar refractivity (Wildman–Crippen MR) is 162 cm³/mol. The number of benzene rings is 1. The van der Waals surface area contributed by atoms with Crippen LogP contribution >= 0.6 is 0 Å². The molecule has 0 unspecified atom stereocenters. The lowest BCUT2D eigenvalue weighted by Gasteiger charge is -2.36. The van der Waals surface area contributed by atoms with Gasteiger partial charge in [0.2, 0.25) is 18.2 Å². The molecule has 6 heteroatoms. The minimum atomic E-state index is -0.0192. The first-order chi connectivity index (χ1) is 18.2. The summed E-state index contributed by atoms with van der Waals surface area (Å²) in [6.45, 7) is 17.9. The van der Waals surface area contributed by atoms with E-state index in [0.717, 1.165) is 56.9 Å². The van der Waals surface area contributed by atoms with Crippen molar-refractivity contribution < 1.29 is 14.4 Å². The lowest BCUT2D eigenvalue weighted by Crippen LogP contribution is -2.32. The lowest BCUT2D eigenvalue weighted by atomic mass is 9.69. The van der Waals surface area contributed by atoms with Crippen molar-refractivity contribution in [2.24, 2.45) is 40.4 Å². The minimum Gasteiger partial charge on any atom is -0.328 e. The summed E-state index contributed by atoms with van der Waals surface area (Å²) in [5.74, 6) is 1.63. The highest BCUT2D eigenvalue weighted by atomic mass is 16.2. The molecule has 0 spiro atoms. The second kappa shape index (κ2) is 12.9. The topological polar surface area (TPSA) is 87.3 Å². The molecule has 0 bridgehead atoms. The summed E-state index contributed by atoms with van der Waals surface area (Å²) >= 11 is 0. The lowest BCUT2D eigenvalue weighted by molar-refractivity contribution is -0.122. The summed E-state index contributed by atoms with van der Waals surface area (Å²) in [5.41, 5.74) is 3.37. The van der Waals surface area contributed by atoms with Crippen molar-refractivity contribution in [1.29, 1.82) is 0 Å². The normalized spacial score (nSPS) is 24.2. The van der Waals surface area contributed by atoms with E-state index in [0.29, 0.717) is 47.6 Å². The predicted octanol–water partition coefficient (Wildman–Crippen LogP) is 8.04. The van der Waals surface area contributed by atoms with Crippen LogP contribution in [-0.2, 0) is 20.8 Å². The molecule has 0 aromatic heterocycles. The third-order valence-electron chi connectivity index (χ3n) is 9.25. The molecule has 1 aromatic carbocycles. The molecule has 1 aromatic rings. The van der Waals surface area contributed by atoms with Crippen LogP contribution in [0.25, 0.3) is 0 Å². The van der Waals surface area contributed by atoms with E-state index in [4.69, 9.17) is 0 Å². The van der Waals surface area contributed by atoms with Gasteiger partial charge in [-0.2, -0.15) is 0 Å². The van der Waals surface area contributed by atoms with Crippen molar-refractivity contribution in [3.05, 3.63) is 17.7 Å². The summed E-state index contributed by atoms with van der Waals surface area (Å²) in [6.07, 6.45) is 9.17. The Kier molecular flexibility index (Phi) is 10.3. The Morgan fingerprint density at radius 1 is 0.769 bits per heavy atom. The number of hydrogen-bond acceptors (Lipinski definition) is 3. The SMILES string of the molecule is CC(C)Cc1c(NC=O)cc(NC(=O)[C@H]2CC[C@@H](C(C)(C)C)CC2)cc1NC(=O)[C@H]1CC[C@@H](C(C)(C)C)CC1. The molecule has 0 aliphatic heterocycles. The molecule has 0 atom stereocenters. The minimum absolute atomic E-state index is 0.0162. The van der Waals surface area contributed by atoms with Crippen molar-refractivity contribution in [3.63, 3.8) is 0 Å². The van der Waals surface area contributed by atoms with E-state index in [1.807, 2.05) is 12.1 Å². The number of carbonyl (C=O) groups is 3. The fourth-order valence-electron chi connectivity index (χ4n) is 6.60. The van der Waals surface area contributed by atoms with E-state index in [-0.39, 0.29) is 34.5 Å². The maximum atomic E-state index is 13.4. The molecule has 0 saturated heterocycles. The first-order valence-electron chi connectivity index (χ1n) is 15.2. The number of carbonyl (C=O) groups excluding carboxylic acids is 3. The van der Waals surface area contributed by atoms with Crippen LogP contribution in [0.3, 0.4) is 0 Å². The van der Waals surface area contributed by atoms with Gasteiger partial charge in [-0.25, -0.2) is 0 Å². The monoisotopic (exact) mass is 539 g/mol. The summed E-state index contributed by atoms with van der Waals surface area (Å²) in [5, 5.41) is 9.15. The largest absolute Gasteiger partial charge is 0.328 e. The summed E-state index contributed by atoms with van der Waals surface area (Å²) in [7, 11) is 0. The van der Waals surface area contributed by atoms with Crippen LogP contribution in [0, 0.1) is 40.4 Å². The zero-order chi connectivity index (χ0) is 29.0. The van der Waals surface area contributed by atoms with Gasteiger partial charge >= 0.3 is 0 Å². The highest BCUT2D eigenvalue weighted by Gasteiger charge is 2.34. The Hall–Kier alpha value is -2.37. The highest BCUT2D eigenvalue weighted by molar-refractivity contribution is 5.98. The van der Waals surface area contributed by atoms with Gasteiger partial charge in [0, 0.05) is 28.9 Å². The number of rotatable bonds is 8. The van der Waals surface area contributed by atoms with E-state index in [1.54, 1.807) is 0 Å². The second-order valence-corrected chi connectivity index (χ2v) is 14.7. The molecule has 0 heterocycles. The molecule has 218 valence electrons. The van der Waals surface area contributed by atoms with Crippen LogP contribution in [-0.4, -0.2) is 18.2 Å². The van der Waals surface area contributed by atoms with E-state index >= 15 is 0 Å². The van der Waals surface area contributed by atoms with E-state index < -0.39 is 0 Å². The van der Waals surface area contributed by atoms with E-state index in [1.165, 1.54) is 0 Å². The van der Waals surface area contributed by atoms with Crippen LogP contribution in [0.4, 0.5) is 17.1 Å². The maximum Gasteiger partial charge on any atom is 0.227 e. The van der Waals surface area contributed by atoms with Gasteiger partial charge in [-0.15, -0.1) is 0 Å². The average molecular weight is 540 g/mol. The molecule has 6 nitrogen and oxygen atoms in total. The van der Waals surface area contributed by atoms with Gasteiger partial charge in [-0.1, -0.05) is 55.4 Å². The Labute approximate surface area is 236 Å². The van der Waals surface area contributed by atoms with Crippen LogP contribution in [0.1, 0.15) is 112 Å². The van der Waals surface area contributed by atoms with Crippen LogP contribution < -0.4 is 16.0 Å². The summed E-state index contributed by atoms with van der Waals surface area (Å²) < 4.78 is 0. The van der Waals surface area contributed by atoms with Crippen molar-refractivity contribution in [1.82, 2.24) is 0 Å². The van der Waals surface area contributed by atoms with Crippen LogP contribution in [0.5, 0.6) is 0 Å².